The summed E-state index contributed by atoms with van der Waals surface area (Å²) in [5.41, 5.74) is 9.16. The van der Waals surface area contributed by atoms with Gasteiger partial charge in [-0.2, -0.15) is 10.4 Å². The molecule has 1 saturated carbocycles. The molecule has 1 aromatic heterocycles. The van der Waals surface area contributed by atoms with Crippen molar-refractivity contribution in [3.05, 3.63) is 35.5 Å². The highest BCUT2D eigenvalue weighted by Gasteiger charge is 2.26. The number of nitrogens with two attached hydrogens (primary N) is 1. The molecule has 22 heavy (non-hydrogen) atoms. The van der Waals surface area contributed by atoms with Gasteiger partial charge in [0, 0.05) is 17.5 Å². The summed E-state index contributed by atoms with van der Waals surface area (Å²) in [5, 5.41) is 17.1. The Kier molecular flexibility index (Phi) is 4.12. The van der Waals surface area contributed by atoms with Crippen molar-refractivity contribution in [1.29, 1.82) is 5.26 Å². The number of hydrogen-bond acceptors (Lipinski definition) is 4. The first-order valence-corrected chi connectivity index (χ1v) is 7.61. The number of aromatic amines is 1. The highest BCUT2D eigenvalue weighted by atomic mass is 16.5. The monoisotopic (exact) mass is 296 g/mol. The van der Waals surface area contributed by atoms with E-state index in [0.29, 0.717) is 23.2 Å². The fraction of sp³-hybridized carbons (Fsp3) is 0.412. The van der Waals surface area contributed by atoms with E-state index in [0.717, 1.165) is 42.7 Å². The van der Waals surface area contributed by atoms with Gasteiger partial charge in [-0.05, 0) is 37.8 Å². The summed E-state index contributed by atoms with van der Waals surface area (Å²) in [7, 11) is 1.63. The van der Waals surface area contributed by atoms with Gasteiger partial charge in [0.2, 0.25) is 0 Å². The van der Waals surface area contributed by atoms with E-state index in [1.807, 2.05) is 24.3 Å². The normalized spacial score (nSPS) is 21.3. The summed E-state index contributed by atoms with van der Waals surface area (Å²) in [6, 6.07) is 10.2. The number of aromatic nitrogens is 2. The van der Waals surface area contributed by atoms with Gasteiger partial charge in [-0.1, -0.05) is 12.1 Å². The van der Waals surface area contributed by atoms with E-state index in [-0.39, 0.29) is 0 Å². The molecule has 1 heterocycles. The van der Waals surface area contributed by atoms with Crippen LogP contribution in [-0.4, -0.2) is 23.3 Å². The van der Waals surface area contributed by atoms with Gasteiger partial charge in [0.1, 0.15) is 23.1 Å². The average Bonchev–Trinajstić information content (AvgIpc) is 2.99. The topological polar surface area (TPSA) is 87.7 Å². The van der Waals surface area contributed by atoms with E-state index in [1.54, 1.807) is 7.11 Å². The number of rotatable bonds is 3. The number of methoxy groups -OCH3 is 1. The molecule has 0 spiro atoms. The summed E-state index contributed by atoms with van der Waals surface area (Å²) in [6.45, 7) is 0. The molecule has 2 aromatic rings. The maximum Gasteiger partial charge on any atom is 0.119 e. The second-order valence-corrected chi connectivity index (χ2v) is 5.82. The molecular weight excluding hydrogens is 276 g/mol. The maximum atomic E-state index is 9.59. The van der Waals surface area contributed by atoms with Crippen molar-refractivity contribution >= 4 is 0 Å². The number of nitrogens with zero attached hydrogens (tertiary/aromatic N) is 2. The average molecular weight is 296 g/mol. The Morgan fingerprint density at radius 2 is 2.09 bits per heavy atom. The van der Waals surface area contributed by atoms with Crippen LogP contribution in [0.2, 0.25) is 0 Å². The second kappa shape index (κ2) is 6.20. The van der Waals surface area contributed by atoms with Crippen molar-refractivity contribution in [2.75, 3.05) is 7.11 Å². The molecule has 1 aliphatic rings. The van der Waals surface area contributed by atoms with Gasteiger partial charge in [0.05, 0.1) is 12.8 Å². The van der Waals surface area contributed by atoms with Crippen LogP contribution >= 0.6 is 0 Å². The van der Waals surface area contributed by atoms with E-state index in [4.69, 9.17) is 10.5 Å². The smallest absolute Gasteiger partial charge is 0.119 e. The molecule has 1 aliphatic carbocycles. The minimum absolute atomic E-state index is 0.294. The highest BCUT2D eigenvalue weighted by Crippen LogP contribution is 2.36. The van der Waals surface area contributed by atoms with Gasteiger partial charge in [0.25, 0.3) is 0 Å². The molecule has 0 saturated heterocycles. The Morgan fingerprint density at radius 3 is 2.77 bits per heavy atom. The molecule has 114 valence electrons. The highest BCUT2D eigenvalue weighted by molar-refractivity contribution is 5.69. The SMILES string of the molecule is COc1cccc(-c2n[nH]c(C3CCC(N)CC3)c2C#N)c1. The summed E-state index contributed by atoms with van der Waals surface area (Å²) in [6.07, 6.45) is 4.03. The zero-order valence-corrected chi connectivity index (χ0v) is 12.7. The number of ether oxygens (including phenoxy) is 1. The predicted octanol–water partition coefficient (Wildman–Crippen LogP) is 2.94. The van der Waals surface area contributed by atoms with Crippen molar-refractivity contribution in [3.63, 3.8) is 0 Å². The van der Waals surface area contributed by atoms with Crippen molar-refractivity contribution in [2.24, 2.45) is 5.73 Å². The Labute approximate surface area is 130 Å². The van der Waals surface area contributed by atoms with Gasteiger partial charge < -0.3 is 10.5 Å². The molecule has 5 nitrogen and oxygen atoms in total. The van der Waals surface area contributed by atoms with E-state index >= 15 is 0 Å². The van der Waals surface area contributed by atoms with Gasteiger partial charge in [0.15, 0.2) is 0 Å². The molecule has 0 radical (unpaired) electrons. The molecule has 0 amide bonds. The largest absolute Gasteiger partial charge is 0.497 e. The zero-order valence-electron chi connectivity index (χ0n) is 12.7. The quantitative estimate of drug-likeness (QED) is 0.911. The first-order valence-electron chi connectivity index (χ1n) is 7.61. The van der Waals surface area contributed by atoms with Crippen LogP contribution in [0.15, 0.2) is 24.3 Å². The predicted molar refractivity (Wildman–Crippen MR) is 84.5 cm³/mol. The first kappa shape index (κ1) is 14.6. The van der Waals surface area contributed by atoms with Crippen molar-refractivity contribution in [2.45, 2.75) is 37.6 Å². The van der Waals surface area contributed by atoms with E-state index in [9.17, 15) is 5.26 Å². The van der Waals surface area contributed by atoms with Crippen molar-refractivity contribution in [3.8, 4) is 23.1 Å². The summed E-state index contributed by atoms with van der Waals surface area (Å²) >= 11 is 0. The Morgan fingerprint density at radius 1 is 1.32 bits per heavy atom. The lowest BCUT2D eigenvalue weighted by atomic mass is 9.83. The number of hydrogen-bond donors (Lipinski definition) is 2. The molecule has 0 aliphatic heterocycles. The number of nitriles is 1. The van der Waals surface area contributed by atoms with Crippen molar-refractivity contribution in [1.82, 2.24) is 10.2 Å². The molecule has 1 fully saturated rings. The number of nitrogens with one attached hydrogen (secondary N) is 1. The maximum absolute atomic E-state index is 9.59. The van der Waals surface area contributed by atoms with Gasteiger partial charge in [-0.25, -0.2) is 0 Å². The van der Waals surface area contributed by atoms with Crippen LogP contribution in [0, 0.1) is 11.3 Å². The minimum Gasteiger partial charge on any atom is -0.497 e. The number of benzene rings is 1. The van der Waals surface area contributed by atoms with Crippen LogP contribution in [0.5, 0.6) is 5.75 Å². The lowest BCUT2D eigenvalue weighted by Gasteiger charge is -2.25. The molecule has 0 atom stereocenters. The molecule has 0 bridgehead atoms. The minimum atomic E-state index is 0.294. The second-order valence-electron chi connectivity index (χ2n) is 5.82. The van der Waals surface area contributed by atoms with Crippen LogP contribution in [0.1, 0.15) is 42.9 Å². The van der Waals surface area contributed by atoms with Crippen LogP contribution in [0.25, 0.3) is 11.3 Å². The Bertz CT molecular complexity index is 693. The van der Waals surface area contributed by atoms with E-state index in [1.165, 1.54) is 0 Å². The lowest BCUT2D eigenvalue weighted by Crippen LogP contribution is -2.26. The van der Waals surface area contributed by atoms with Crippen LogP contribution in [0.4, 0.5) is 0 Å². The molecular formula is C17H20N4O. The third kappa shape index (κ3) is 2.70. The molecule has 0 unspecified atom stereocenters. The van der Waals surface area contributed by atoms with Crippen molar-refractivity contribution < 1.29 is 4.74 Å². The van der Waals surface area contributed by atoms with Crippen LogP contribution < -0.4 is 10.5 Å². The summed E-state index contributed by atoms with van der Waals surface area (Å²) in [4.78, 5) is 0. The van der Waals surface area contributed by atoms with Gasteiger partial charge in [-0.15, -0.1) is 0 Å². The number of H-pyrrole nitrogens is 1. The lowest BCUT2D eigenvalue weighted by molar-refractivity contribution is 0.390. The molecule has 5 heteroatoms. The third-order valence-corrected chi connectivity index (χ3v) is 4.43. The molecule has 3 rings (SSSR count). The summed E-state index contributed by atoms with van der Waals surface area (Å²) in [5.74, 6) is 1.11. The Balaban J connectivity index is 1.95. The standard InChI is InChI=1S/C17H20N4O/c1-22-14-4-2-3-12(9-14)17-15(10-18)16(20-21-17)11-5-7-13(19)8-6-11/h2-4,9,11,13H,5-8,19H2,1H3,(H,20,21). The fourth-order valence-electron chi connectivity index (χ4n) is 3.15. The van der Waals surface area contributed by atoms with E-state index < -0.39 is 0 Å². The Hall–Kier alpha value is -2.32. The van der Waals surface area contributed by atoms with Gasteiger partial charge in [-0.3, -0.25) is 5.10 Å². The van der Waals surface area contributed by atoms with Crippen LogP contribution in [0.3, 0.4) is 0 Å². The third-order valence-electron chi connectivity index (χ3n) is 4.43. The fourth-order valence-corrected chi connectivity index (χ4v) is 3.15. The zero-order chi connectivity index (χ0) is 15.5. The molecule has 3 N–H and O–H groups in total. The molecule has 1 aromatic carbocycles. The summed E-state index contributed by atoms with van der Waals surface area (Å²) < 4.78 is 5.25. The van der Waals surface area contributed by atoms with Gasteiger partial charge >= 0.3 is 0 Å². The van der Waals surface area contributed by atoms with Crippen LogP contribution in [-0.2, 0) is 0 Å². The van der Waals surface area contributed by atoms with E-state index in [2.05, 4.69) is 16.3 Å². The first-order chi connectivity index (χ1) is 10.7.